The smallest absolute Gasteiger partial charge is 0.404 e. The summed E-state index contributed by atoms with van der Waals surface area (Å²) in [4.78, 5) is 10.4. The Morgan fingerprint density at radius 3 is 3.00 bits per heavy atom. The molecule has 4 heteroatoms. The van der Waals surface area contributed by atoms with Crippen LogP contribution in [0.4, 0.5) is 4.79 Å². The van der Waals surface area contributed by atoms with Gasteiger partial charge in [-0.2, -0.15) is 0 Å². The summed E-state index contributed by atoms with van der Waals surface area (Å²) in [7, 11) is 0. The van der Waals surface area contributed by atoms with Crippen molar-refractivity contribution in [2.45, 2.75) is 19.4 Å². The number of ether oxygens (including phenoxy) is 1. The number of hydrogen-bond donors (Lipinski definition) is 2. The average molecular weight is 158 g/mol. The van der Waals surface area contributed by atoms with Crippen LogP contribution in [0, 0.1) is 5.92 Å². The quantitative estimate of drug-likeness (QED) is 0.598. The minimum Gasteiger partial charge on any atom is -0.445 e. The first-order valence-corrected chi connectivity index (χ1v) is 3.90. The molecule has 3 N–H and O–H groups in total. The molecule has 0 aromatic rings. The van der Waals surface area contributed by atoms with Crippen LogP contribution in [0.3, 0.4) is 0 Å². The Balaban J connectivity index is 2.37. The maximum absolute atomic E-state index is 10.4. The number of carbonyl (C=O) groups is 1. The molecule has 4 nitrogen and oxygen atoms in total. The molecular weight excluding hydrogens is 144 g/mol. The first-order chi connectivity index (χ1) is 5.24. The summed E-state index contributed by atoms with van der Waals surface area (Å²) in [5, 5.41) is 3.15. The van der Waals surface area contributed by atoms with E-state index in [0.717, 1.165) is 19.5 Å². The lowest BCUT2D eigenvalue weighted by Gasteiger charge is -2.15. The SMILES string of the molecule is CC[C@@H]1CNC[C@H]1OC(N)=O. The molecule has 1 saturated heterocycles. The summed E-state index contributed by atoms with van der Waals surface area (Å²) >= 11 is 0. The van der Waals surface area contributed by atoms with Crippen LogP contribution >= 0.6 is 0 Å². The van der Waals surface area contributed by atoms with Gasteiger partial charge in [-0.1, -0.05) is 6.92 Å². The number of amides is 1. The van der Waals surface area contributed by atoms with Crippen LogP contribution in [0.2, 0.25) is 0 Å². The van der Waals surface area contributed by atoms with Gasteiger partial charge in [0.25, 0.3) is 0 Å². The molecule has 0 saturated carbocycles. The van der Waals surface area contributed by atoms with Crippen molar-refractivity contribution in [1.29, 1.82) is 0 Å². The van der Waals surface area contributed by atoms with Gasteiger partial charge in [0, 0.05) is 19.0 Å². The second kappa shape index (κ2) is 3.57. The zero-order valence-corrected chi connectivity index (χ0v) is 6.67. The highest BCUT2D eigenvalue weighted by atomic mass is 16.6. The van der Waals surface area contributed by atoms with E-state index in [-0.39, 0.29) is 6.10 Å². The maximum Gasteiger partial charge on any atom is 0.404 e. The van der Waals surface area contributed by atoms with Crippen molar-refractivity contribution < 1.29 is 9.53 Å². The number of primary amides is 1. The van der Waals surface area contributed by atoms with Gasteiger partial charge in [-0.25, -0.2) is 4.79 Å². The van der Waals surface area contributed by atoms with E-state index in [9.17, 15) is 4.79 Å². The number of nitrogens with two attached hydrogens (primary N) is 1. The van der Waals surface area contributed by atoms with Gasteiger partial charge in [-0.3, -0.25) is 0 Å². The lowest BCUT2D eigenvalue weighted by atomic mass is 10.0. The third-order valence-electron chi connectivity index (χ3n) is 2.07. The van der Waals surface area contributed by atoms with Gasteiger partial charge >= 0.3 is 6.09 Å². The van der Waals surface area contributed by atoms with Crippen molar-refractivity contribution in [2.75, 3.05) is 13.1 Å². The number of carbonyl (C=O) groups excluding carboxylic acids is 1. The topological polar surface area (TPSA) is 64.3 Å². The van der Waals surface area contributed by atoms with E-state index in [1.807, 2.05) is 0 Å². The number of hydrogen-bond acceptors (Lipinski definition) is 3. The Labute approximate surface area is 66.1 Å². The third-order valence-corrected chi connectivity index (χ3v) is 2.07. The Morgan fingerprint density at radius 1 is 1.73 bits per heavy atom. The fourth-order valence-electron chi connectivity index (χ4n) is 1.40. The molecule has 0 aromatic heterocycles. The van der Waals surface area contributed by atoms with E-state index >= 15 is 0 Å². The van der Waals surface area contributed by atoms with Gasteiger partial charge in [-0.05, 0) is 6.42 Å². The Bertz CT molecular complexity index is 149. The van der Waals surface area contributed by atoms with Gasteiger partial charge in [0.05, 0.1) is 0 Å². The molecule has 64 valence electrons. The van der Waals surface area contributed by atoms with Crippen molar-refractivity contribution >= 4 is 6.09 Å². The standard InChI is InChI=1S/C7H14N2O2/c1-2-5-3-9-4-6(5)11-7(8)10/h5-6,9H,2-4H2,1H3,(H2,8,10)/t5-,6-/m1/s1. The molecular formula is C7H14N2O2. The van der Waals surface area contributed by atoms with Crippen molar-refractivity contribution in [3.63, 3.8) is 0 Å². The summed E-state index contributed by atoms with van der Waals surface area (Å²) in [5.74, 6) is 0.433. The molecule has 0 aromatic carbocycles. The van der Waals surface area contributed by atoms with Crippen LogP contribution < -0.4 is 11.1 Å². The van der Waals surface area contributed by atoms with E-state index in [1.165, 1.54) is 0 Å². The maximum atomic E-state index is 10.4. The average Bonchev–Trinajstić information content (AvgIpc) is 2.34. The fraction of sp³-hybridized carbons (Fsp3) is 0.857. The third kappa shape index (κ3) is 2.08. The lowest BCUT2D eigenvalue weighted by molar-refractivity contribution is 0.0912. The van der Waals surface area contributed by atoms with Gasteiger partial charge in [0.15, 0.2) is 0 Å². The van der Waals surface area contributed by atoms with E-state index in [4.69, 9.17) is 10.5 Å². The second-order valence-electron chi connectivity index (χ2n) is 2.80. The molecule has 11 heavy (non-hydrogen) atoms. The Hall–Kier alpha value is -0.770. The van der Waals surface area contributed by atoms with Crippen molar-refractivity contribution in [3.05, 3.63) is 0 Å². The Kier molecular flexibility index (Phi) is 2.70. The molecule has 0 spiro atoms. The fourth-order valence-corrected chi connectivity index (χ4v) is 1.40. The van der Waals surface area contributed by atoms with Crippen LogP contribution in [0.25, 0.3) is 0 Å². The molecule has 1 fully saturated rings. The highest BCUT2D eigenvalue weighted by Gasteiger charge is 2.27. The molecule has 1 aliphatic rings. The van der Waals surface area contributed by atoms with Crippen molar-refractivity contribution in [3.8, 4) is 0 Å². The van der Waals surface area contributed by atoms with Gasteiger partial charge < -0.3 is 15.8 Å². The van der Waals surface area contributed by atoms with Crippen LogP contribution in [0.15, 0.2) is 0 Å². The number of nitrogens with one attached hydrogen (secondary N) is 1. The van der Waals surface area contributed by atoms with E-state index < -0.39 is 6.09 Å². The minimum atomic E-state index is -0.669. The van der Waals surface area contributed by atoms with Crippen LogP contribution in [0.5, 0.6) is 0 Å². The largest absolute Gasteiger partial charge is 0.445 e. The second-order valence-corrected chi connectivity index (χ2v) is 2.80. The van der Waals surface area contributed by atoms with E-state index in [1.54, 1.807) is 0 Å². The van der Waals surface area contributed by atoms with Crippen LogP contribution in [0.1, 0.15) is 13.3 Å². The zero-order valence-electron chi connectivity index (χ0n) is 6.67. The van der Waals surface area contributed by atoms with Crippen LogP contribution in [-0.2, 0) is 4.74 Å². The first kappa shape index (κ1) is 8.33. The summed E-state index contributed by atoms with van der Waals surface area (Å²) < 4.78 is 4.89. The normalized spacial score (nSPS) is 30.3. The summed E-state index contributed by atoms with van der Waals surface area (Å²) in [5.41, 5.74) is 4.90. The lowest BCUT2D eigenvalue weighted by Crippen LogP contribution is -2.28. The van der Waals surface area contributed by atoms with E-state index in [2.05, 4.69) is 12.2 Å². The summed E-state index contributed by atoms with van der Waals surface area (Å²) in [6, 6.07) is 0. The highest BCUT2D eigenvalue weighted by molar-refractivity contribution is 5.64. The van der Waals surface area contributed by atoms with Crippen molar-refractivity contribution in [1.82, 2.24) is 5.32 Å². The predicted octanol–water partition coefficient (Wildman–Crippen LogP) is 0.0797. The molecule has 0 aliphatic carbocycles. The minimum absolute atomic E-state index is 0.0162. The highest BCUT2D eigenvalue weighted by Crippen LogP contribution is 2.15. The van der Waals surface area contributed by atoms with E-state index in [0.29, 0.717) is 5.92 Å². The predicted molar refractivity (Wildman–Crippen MR) is 41.1 cm³/mol. The van der Waals surface area contributed by atoms with Gasteiger partial charge in [0.2, 0.25) is 0 Å². The molecule has 0 unspecified atom stereocenters. The first-order valence-electron chi connectivity index (χ1n) is 3.90. The number of rotatable bonds is 2. The van der Waals surface area contributed by atoms with Crippen LogP contribution in [-0.4, -0.2) is 25.3 Å². The Morgan fingerprint density at radius 2 is 2.45 bits per heavy atom. The molecule has 0 bridgehead atoms. The molecule has 0 radical (unpaired) electrons. The van der Waals surface area contributed by atoms with Gasteiger partial charge in [-0.15, -0.1) is 0 Å². The summed E-state index contributed by atoms with van der Waals surface area (Å²) in [6.07, 6.45) is 0.333. The summed E-state index contributed by atoms with van der Waals surface area (Å²) in [6.45, 7) is 3.74. The zero-order chi connectivity index (χ0) is 8.27. The molecule has 1 amide bonds. The molecule has 2 atom stereocenters. The van der Waals surface area contributed by atoms with Crippen molar-refractivity contribution in [2.24, 2.45) is 11.7 Å². The van der Waals surface area contributed by atoms with Gasteiger partial charge in [0.1, 0.15) is 6.10 Å². The molecule has 1 aliphatic heterocycles. The molecule has 1 rings (SSSR count). The molecule has 1 heterocycles. The monoisotopic (exact) mass is 158 g/mol.